The fourth-order valence-corrected chi connectivity index (χ4v) is 2.72. The van der Waals surface area contributed by atoms with Gasteiger partial charge < -0.3 is 10.1 Å². The minimum atomic E-state index is 0.687. The molecule has 2 aromatic carbocycles. The van der Waals surface area contributed by atoms with E-state index in [1.807, 2.05) is 20.0 Å². The maximum atomic E-state index is 5.66. The minimum Gasteiger partial charge on any atom is -0.494 e. The van der Waals surface area contributed by atoms with Crippen molar-refractivity contribution in [3.8, 4) is 16.9 Å². The van der Waals surface area contributed by atoms with E-state index >= 15 is 0 Å². The number of benzene rings is 2. The van der Waals surface area contributed by atoms with Gasteiger partial charge in [0.1, 0.15) is 5.75 Å². The molecule has 0 bridgehead atoms. The van der Waals surface area contributed by atoms with Crippen LogP contribution < -0.4 is 10.1 Å². The van der Waals surface area contributed by atoms with E-state index in [1.165, 1.54) is 22.3 Å². The summed E-state index contributed by atoms with van der Waals surface area (Å²) in [6.07, 6.45) is 1.13. The highest BCUT2D eigenvalue weighted by molar-refractivity contribution is 5.69. The van der Waals surface area contributed by atoms with Gasteiger partial charge in [-0.15, -0.1) is 0 Å². The fraction of sp³-hybridized carbons (Fsp3) is 0.400. The van der Waals surface area contributed by atoms with Crippen LogP contribution in [-0.2, 0) is 13.0 Å². The molecule has 2 rings (SSSR count). The van der Waals surface area contributed by atoms with Crippen molar-refractivity contribution in [3.63, 3.8) is 0 Å². The molecule has 0 amide bonds. The summed E-state index contributed by atoms with van der Waals surface area (Å²) in [6.45, 7) is 8.07. The average Bonchev–Trinajstić information content (AvgIpc) is 2.50. The Kier molecular flexibility index (Phi) is 6.02. The maximum absolute atomic E-state index is 5.66. The van der Waals surface area contributed by atoms with Crippen LogP contribution in [0.3, 0.4) is 0 Å². The molecule has 0 radical (unpaired) electrons. The third kappa shape index (κ3) is 4.35. The predicted octanol–water partition coefficient (Wildman–Crippen LogP) is 4.67. The van der Waals surface area contributed by atoms with Gasteiger partial charge in [-0.3, -0.25) is 0 Å². The second kappa shape index (κ2) is 8.00. The molecule has 2 nitrogen and oxygen atoms in total. The molecule has 2 aromatic rings. The van der Waals surface area contributed by atoms with Gasteiger partial charge in [-0.25, -0.2) is 0 Å². The van der Waals surface area contributed by atoms with Crippen LogP contribution in [0.2, 0.25) is 0 Å². The van der Waals surface area contributed by atoms with E-state index in [4.69, 9.17) is 4.74 Å². The van der Waals surface area contributed by atoms with E-state index in [-0.39, 0.29) is 0 Å². The quantitative estimate of drug-likeness (QED) is 0.802. The zero-order valence-electron chi connectivity index (χ0n) is 14.1. The molecular formula is C20H27NO. The Morgan fingerprint density at radius 2 is 1.77 bits per heavy atom. The van der Waals surface area contributed by atoms with Crippen molar-refractivity contribution < 1.29 is 4.74 Å². The molecule has 0 saturated heterocycles. The van der Waals surface area contributed by atoms with Crippen LogP contribution in [0.1, 0.15) is 31.9 Å². The second-order valence-corrected chi connectivity index (χ2v) is 6.08. The number of ether oxygens (including phenoxy) is 1. The highest BCUT2D eigenvalue weighted by atomic mass is 16.5. The number of hydrogen-bond donors (Lipinski definition) is 1. The second-order valence-electron chi connectivity index (χ2n) is 6.08. The van der Waals surface area contributed by atoms with Gasteiger partial charge >= 0.3 is 0 Å². The Morgan fingerprint density at radius 1 is 1.05 bits per heavy atom. The van der Waals surface area contributed by atoms with Crippen LogP contribution in [0.5, 0.6) is 5.75 Å². The molecule has 0 spiro atoms. The Balaban J connectivity index is 2.33. The van der Waals surface area contributed by atoms with Crippen molar-refractivity contribution in [1.82, 2.24) is 5.32 Å². The van der Waals surface area contributed by atoms with Gasteiger partial charge in [0.05, 0.1) is 6.61 Å². The molecule has 0 heterocycles. The molecule has 0 aliphatic carbocycles. The van der Waals surface area contributed by atoms with Crippen LogP contribution in [0.25, 0.3) is 11.1 Å². The topological polar surface area (TPSA) is 21.3 Å². The Bertz CT molecular complexity index is 587. The molecule has 0 aliphatic heterocycles. The lowest BCUT2D eigenvalue weighted by molar-refractivity contribution is 0.340. The molecule has 0 atom stereocenters. The molecule has 0 aromatic heterocycles. The highest BCUT2D eigenvalue weighted by Gasteiger charge is 2.07. The van der Waals surface area contributed by atoms with E-state index < -0.39 is 0 Å². The van der Waals surface area contributed by atoms with Crippen molar-refractivity contribution in [2.75, 3.05) is 13.7 Å². The monoisotopic (exact) mass is 297 g/mol. The van der Waals surface area contributed by atoms with E-state index in [0.29, 0.717) is 12.5 Å². The Labute approximate surface area is 134 Å². The van der Waals surface area contributed by atoms with Gasteiger partial charge in [0, 0.05) is 6.54 Å². The number of rotatable bonds is 7. The first-order valence-electron chi connectivity index (χ1n) is 8.13. The summed E-state index contributed by atoms with van der Waals surface area (Å²) >= 11 is 0. The minimum absolute atomic E-state index is 0.687. The summed E-state index contributed by atoms with van der Waals surface area (Å²) in [7, 11) is 1.98. The average molecular weight is 297 g/mol. The molecule has 22 heavy (non-hydrogen) atoms. The maximum Gasteiger partial charge on any atom is 0.119 e. The largest absolute Gasteiger partial charge is 0.494 e. The van der Waals surface area contributed by atoms with E-state index in [1.54, 1.807) is 0 Å². The predicted molar refractivity (Wildman–Crippen MR) is 94.4 cm³/mol. The normalized spacial score (nSPS) is 11.0. The standard InChI is InChI=1S/C20H27NO/c1-5-22-19-11-10-18(14-21-4)20(13-19)17-8-6-16(7-9-17)12-15(2)3/h6-11,13,15,21H,5,12,14H2,1-4H3. The first-order chi connectivity index (χ1) is 10.6. The zero-order chi connectivity index (χ0) is 15.9. The fourth-order valence-electron chi connectivity index (χ4n) is 2.72. The van der Waals surface area contributed by atoms with Crippen LogP contribution in [0.4, 0.5) is 0 Å². The van der Waals surface area contributed by atoms with Gasteiger partial charge in [0.25, 0.3) is 0 Å². The van der Waals surface area contributed by atoms with E-state index in [0.717, 1.165) is 18.7 Å². The summed E-state index contributed by atoms with van der Waals surface area (Å²) in [5.74, 6) is 1.62. The van der Waals surface area contributed by atoms with Gasteiger partial charge in [0.15, 0.2) is 0 Å². The summed E-state index contributed by atoms with van der Waals surface area (Å²) in [5, 5.41) is 3.24. The summed E-state index contributed by atoms with van der Waals surface area (Å²) < 4.78 is 5.66. The first kappa shape index (κ1) is 16.6. The van der Waals surface area contributed by atoms with Crippen molar-refractivity contribution in [2.45, 2.75) is 33.7 Å². The summed E-state index contributed by atoms with van der Waals surface area (Å²) in [6, 6.07) is 15.3. The SMILES string of the molecule is CCOc1ccc(CNC)c(-c2ccc(CC(C)C)cc2)c1. The first-order valence-corrected chi connectivity index (χ1v) is 8.13. The van der Waals surface area contributed by atoms with Crippen LogP contribution >= 0.6 is 0 Å². The molecule has 1 N–H and O–H groups in total. The van der Waals surface area contributed by atoms with Crippen molar-refractivity contribution in [1.29, 1.82) is 0 Å². The van der Waals surface area contributed by atoms with Gasteiger partial charge in [-0.1, -0.05) is 44.2 Å². The van der Waals surface area contributed by atoms with Crippen LogP contribution in [-0.4, -0.2) is 13.7 Å². The molecule has 0 fully saturated rings. The molecule has 118 valence electrons. The lowest BCUT2D eigenvalue weighted by atomic mass is 9.96. The number of hydrogen-bond acceptors (Lipinski definition) is 2. The zero-order valence-corrected chi connectivity index (χ0v) is 14.1. The van der Waals surface area contributed by atoms with Crippen LogP contribution in [0.15, 0.2) is 42.5 Å². The number of nitrogens with one attached hydrogen (secondary N) is 1. The summed E-state index contributed by atoms with van der Waals surface area (Å²) in [4.78, 5) is 0. The Morgan fingerprint density at radius 3 is 2.36 bits per heavy atom. The highest BCUT2D eigenvalue weighted by Crippen LogP contribution is 2.29. The van der Waals surface area contributed by atoms with Gasteiger partial charge in [-0.05, 0) is 60.7 Å². The van der Waals surface area contributed by atoms with Gasteiger partial charge in [-0.2, -0.15) is 0 Å². The van der Waals surface area contributed by atoms with Crippen molar-refractivity contribution >= 4 is 0 Å². The smallest absolute Gasteiger partial charge is 0.119 e. The third-order valence-electron chi connectivity index (χ3n) is 3.67. The van der Waals surface area contributed by atoms with Crippen molar-refractivity contribution in [3.05, 3.63) is 53.6 Å². The molecule has 0 aliphatic rings. The lowest BCUT2D eigenvalue weighted by Crippen LogP contribution is -2.06. The van der Waals surface area contributed by atoms with E-state index in [9.17, 15) is 0 Å². The van der Waals surface area contributed by atoms with Crippen LogP contribution in [0, 0.1) is 5.92 Å². The lowest BCUT2D eigenvalue weighted by Gasteiger charge is -2.13. The molecular weight excluding hydrogens is 270 g/mol. The molecule has 2 heteroatoms. The Hall–Kier alpha value is -1.80. The van der Waals surface area contributed by atoms with Crippen molar-refractivity contribution in [2.24, 2.45) is 5.92 Å². The van der Waals surface area contributed by atoms with E-state index in [2.05, 4.69) is 55.6 Å². The van der Waals surface area contributed by atoms with Gasteiger partial charge in [0.2, 0.25) is 0 Å². The summed E-state index contributed by atoms with van der Waals surface area (Å²) in [5.41, 5.74) is 5.19. The third-order valence-corrected chi connectivity index (χ3v) is 3.67. The molecule has 0 saturated carbocycles. The molecule has 0 unspecified atom stereocenters.